The van der Waals surface area contributed by atoms with Gasteiger partial charge in [-0.1, -0.05) is 27.2 Å². The molecule has 42 heavy (non-hydrogen) atoms. The van der Waals surface area contributed by atoms with Crippen LogP contribution < -0.4 is 10.6 Å². The molecule has 1 atom stereocenters. The number of unbranched alkanes of at least 4 members (excludes halogenated alkanes) is 2. The molecule has 0 aliphatic heterocycles. The predicted molar refractivity (Wildman–Crippen MR) is 160 cm³/mol. The van der Waals surface area contributed by atoms with Gasteiger partial charge in [0.15, 0.2) is 0 Å². The van der Waals surface area contributed by atoms with Gasteiger partial charge in [-0.3, -0.25) is 9.59 Å². The summed E-state index contributed by atoms with van der Waals surface area (Å²) in [5.74, 6) is -0.370. The first-order valence-electron chi connectivity index (χ1n) is 15.6. The fourth-order valence-corrected chi connectivity index (χ4v) is 3.78. The lowest BCUT2D eigenvalue weighted by molar-refractivity contribution is -0.130. The van der Waals surface area contributed by atoms with Gasteiger partial charge in [-0.25, -0.2) is 0 Å². The van der Waals surface area contributed by atoms with Crippen molar-refractivity contribution in [3.8, 4) is 0 Å². The van der Waals surface area contributed by atoms with E-state index in [1.165, 1.54) is 0 Å². The SMILES string of the molecule is CCCOCCOCCNC(=O)CCOCC(CC)(CCCCC=O)NC(=O)COCCOCCOCCOCCC. The molecule has 1 unspecified atom stereocenters. The van der Waals surface area contributed by atoms with Crippen LogP contribution >= 0.6 is 0 Å². The van der Waals surface area contributed by atoms with Crippen LogP contribution in [0.15, 0.2) is 0 Å². The molecule has 248 valence electrons. The molecule has 0 saturated heterocycles. The number of ether oxygens (including phenoxy) is 7. The largest absolute Gasteiger partial charge is 0.379 e. The Morgan fingerprint density at radius 2 is 1.19 bits per heavy atom. The van der Waals surface area contributed by atoms with E-state index >= 15 is 0 Å². The fraction of sp³-hybridized carbons (Fsp3) is 0.900. The summed E-state index contributed by atoms with van der Waals surface area (Å²) in [7, 11) is 0. The third kappa shape index (κ3) is 26.0. The van der Waals surface area contributed by atoms with Crippen molar-refractivity contribution < 1.29 is 47.5 Å². The van der Waals surface area contributed by atoms with Crippen LogP contribution in [-0.2, 0) is 47.5 Å². The molecule has 12 heteroatoms. The van der Waals surface area contributed by atoms with Crippen molar-refractivity contribution in [2.24, 2.45) is 0 Å². The minimum absolute atomic E-state index is 0.0973. The van der Waals surface area contributed by atoms with Crippen molar-refractivity contribution >= 4 is 18.1 Å². The van der Waals surface area contributed by atoms with Gasteiger partial charge >= 0.3 is 0 Å². The second-order valence-corrected chi connectivity index (χ2v) is 9.86. The second kappa shape index (κ2) is 30.8. The lowest BCUT2D eigenvalue weighted by Crippen LogP contribution is -2.52. The maximum atomic E-state index is 12.7. The molecule has 0 spiro atoms. The van der Waals surface area contributed by atoms with Gasteiger partial charge < -0.3 is 48.6 Å². The Morgan fingerprint density at radius 1 is 0.643 bits per heavy atom. The average Bonchev–Trinajstić information content (AvgIpc) is 2.99. The Bertz CT molecular complexity index is 641. The number of hydrogen-bond donors (Lipinski definition) is 2. The van der Waals surface area contributed by atoms with E-state index in [0.717, 1.165) is 45.2 Å². The topological polar surface area (TPSA) is 140 Å². The van der Waals surface area contributed by atoms with Crippen LogP contribution in [0.1, 0.15) is 72.1 Å². The number of amides is 2. The van der Waals surface area contributed by atoms with Crippen LogP contribution in [0.3, 0.4) is 0 Å². The minimum atomic E-state index is -0.609. The van der Waals surface area contributed by atoms with E-state index in [0.29, 0.717) is 78.7 Å². The highest BCUT2D eigenvalue weighted by molar-refractivity contribution is 5.78. The molecule has 0 rings (SSSR count). The molecule has 0 aliphatic carbocycles. The predicted octanol–water partition coefficient (Wildman–Crippen LogP) is 2.45. The minimum Gasteiger partial charge on any atom is -0.379 e. The number of aldehydes is 1. The maximum Gasteiger partial charge on any atom is 0.246 e. The Hall–Kier alpha value is -1.67. The van der Waals surface area contributed by atoms with Crippen LogP contribution in [0.25, 0.3) is 0 Å². The van der Waals surface area contributed by atoms with Crippen molar-refractivity contribution in [1.29, 1.82) is 0 Å². The summed E-state index contributed by atoms with van der Waals surface area (Å²) < 4.78 is 38.3. The molecule has 0 radical (unpaired) electrons. The first-order chi connectivity index (χ1) is 20.5. The van der Waals surface area contributed by atoms with Crippen LogP contribution in [0.4, 0.5) is 0 Å². The highest BCUT2D eigenvalue weighted by Crippen LogP contribution is 2.20. The van der Waals surface area contributed by atoms with E-state index in [1.807, 2.05) is 6.92 Å². The molecule has 2 amide bonds. The number of carbonyl (C=O) groups excluding carboxylic acids is 3. The van der Waals surface area contributed by atoms with Crippen LogP contribution in [0.5, 0.6) is 0 Å². The van der Waals surface area contributed by atoms with Crippen molar-refractivity contribution in [3.63, 3.8) is 0 Å². The Balaban J connectivity index is 4.24. The molecule has 0 aromatic rings. The number of carbonyl (C=O) groups is 3. The van der Waals surface area contributed by atoms with E-state index in [9.17, 15) is 14.4 Å². The monoisotopic (exact) mass is 606 g/mol. The van der Waals surface area contributed by atoms with E-state index in [-0.39, 0.29) is 44.7 Å². The van der Waals surface area contributed by atoms with Crippen LogP contribution in [0, 0.1) is 0 Å². The molecule has 0 aromatic heterocycles. The quantitative estimate of drug-likeness (QED) is 0.0846. The van der Waals surface area contributed by atoms with Gasteiger partial charge in [-0.2, -0.15) is 0 Å². The van der Waals surface area contributed by atoms with Crippen molar-refractivity contribution in [1.82, 2.24) is 10.6 Å². The zero-order chi connectivity index (χ0) is 31.0. The highest BCUT2D eigenvalue weighted by atomic mass is 16.6. The highest BCUT2D eigenvalue weighted by Gasteiger charge is 2.30. The van der Waals surface area contributed by atoms with E-state index in [4.69, 9.17) is 33.2 Å². The molecule has 0 fully saturated rings. The Labute approximate surface area is 253 Å². The normalized spacial score (nSPS) is 12.6. The van der Waals surface area contributed by atoms with Crippen LogP contribution in [0.2, 0.25) is 0 Å². The van der Waals surface area contributed by atoms with Crippen LogP contribution in [-0.4, -0.2) is 123 Å². The lowest BCUT2D eigenvalue weighted by atomic mass is 9.90. The van der Waals surface area contributed by atoms with Crippen molar-refractivity contribution in [3.05, 3.63) is 0 Å². The molecule has 12 nitrogen and oxygen atoms in total. The van der Waals surface area contributed by atoms with Gasteiger partial charge in [0, 0.05) is 32.6 Å². The van der Waals surface area contributed by atoms with Gasteiger partial charge in [0.1, 0.15) is 12.9 Å². The smallest absolute Gasteiger partial charge is 0.246 e. The summed E-state index contributed by atoms with van der Waals surface area (Å²) in [5.41, 5.74) is -0.609. The van der Waals surface area contributed by atoms with Gasteiger partial charge in [-0.05, 0) is 32.1 Å². The van der Waals surface area contributed by atoms with E-state index in [1.54, 1.807) is 0 Å². The zero-order valence-corrected chi connectivity index (χ0v) is 26.4. The number of nitrogens with one attached hydrogen (secondary N) is 2. The van der Waals surface area contributed by atoms with Gasteiger partial charge in [-0.15, -0.1) is 0 Å². The third-order valence-corrected chi connectivity index (χ3v) is 6.15. The van der Waals surface area contributed by atoms with Crippen molar-refractivity contribution in [2.75, 3.05) is 99.0 Å². The van der Waals surface area contributed by atoms with E-state index < -0.39 is 5.54 Å². The number of hydrogen-bond acceptors (Lipinski definition) is 10. The first kappa shape index (κ1) is 40.3. The summed E-state index contributed by atoms with van der Waals surface area (Å²) >= 11 is 0. The Morgan fingerprint density at radius 3 is 1.74 bits per heavy atom. The molecule has 0 aromatic carbocycles. The van der Waals surface area contributed by atoms with Gasteiger partial charge in [0.05, 0.1) is 78.2 Å². The van der Waals surface area contributed by atoms with E-state index in [2.05, 4.69) is 24.5 Å². The maximum absolute atomic E-state index is 12.7. The summed E-state index contributed by atoms with van der Waals surface area (Å²) in [4.78, 5) is 35.5. The first-order valence-corrected chi connectivity index (χ1v) is 15.6. The molecule has 0 saturated carbocycles. The number of rotatable bonds is 33. The second-order valence-electron chi connectivity index (χ2n) is 9.86. The standard InChI is InChI=1S/C30H58N2O10/c1-4-14-36-18-20-38-17-12-31-28(34)10-16-42-27-30(6-3,11-8-7-9-13-33)32-29(35)26-41-25-24-40-23-22-39-21-19-37-15-5-2/h13H,4-12,14-27H2,1-3H3,(H,31,34)(H,32,35). The molecule has 0 heterocycles. The Kier molecular flexibility index (Phi) is 29.6. The summed E-state index contributed by atoms with van der Waals surface area (Å²) in [5, 5.41) is 5.88. The molecular formula is C30H58N2O10. The zero-order valence-electron chi connectivity index (χ0n) is 26.4. The molecule has 0 aliphatic rings. The third-order valence-electron chi connectivity index (χ3n) is 6.15. The average molecular weight is 607 g/mol. The van der Waals surface area contributed by atoms with Gasteiger partial charge in [0.25, 0.3) is 0 Å². The molecular weight excluding hydrogens is 548 g/mol. The summed E-state index contributed by atoms with van der Waals surface area (Å²) in [6, 6.07) is 0. The fourth-order valence-electron chi connectivity index (χ4n) is 3.78. The lowest BCUT2D eigenvalue weighted by Gasteiger charge is -2.34. The van der Waals surface area contributed by atoms with Crippen molar-refractivity contribution in [2.45, 2.75) is 77.7 Å². The summed E-state index contributed by atoms with van der Waals surface area (Å²) in [6.45, 7) is 12.5. The molecule has 2 N–H and O–H groups in total. The molecule has 0 bridgehead atoms. The van der Waals surface area contributed by atoms with Gasteiger partial charge in [0.2, 0.25) is 11.8 Å². The summed E-state index contributed by atoms with van der Waals surface area (Å²) in [6.07, 6.45) is 6.34.